The van der Waals surface area contributed by atoms with Crippen molar-refractivity contribution < 1.29 is 4.39 Å². The van der Waals surface area contributed by atoms with Crippen molar-refractivity contribution in [2.45, 2.75) is 58.4 Å². The summed E-state index contributed by atoms with van der Waals surface area (Å²) in [6.45, 7) is 4.43. The quantitative estimate of drug-likeness (QED) is 0.527. The van der Waals surface area contributed by atoms with E-state index in [4.69, 9.17) is 5.84 Å². The van der Waals surface area contributed by atoms with E-state index in [-0.39, 0.29) is 11.9 Å². The van der Waals surface area contributed by atoms with Crippen molar-refractivity contribution in [2.75, 3.05) is 0 Å². The molecule has 0 aliphatic carbocycles. The summed E-state index contributed by atoms with van der Waals surface area (Å²) in [4.78, 5) is 0. The highest BCUT2D eigenvalue weighted by Gasteiger charge is 2.16. The Morgan fingerprint density at radius 3 is 2.58 bits per heavy atom. The third-order valence-corrected chi connectivity index (χ3v) is 3.82. The molecule has 2 atom stereocenters. The van der Waals surface area contributed by atoms with Crippen LogP contribution in [0, 0.1) is 11.7 Å². The summed E-state index contributed by atoms with van der Waals surface area (Å²) < 4.78 is 13.6. The summed E-state index contributed by atoms with van der Waals surface area (Å²) in [5, 5.41) is 0. The Labute approximate surface area is 116 Å². The first kappa shape index (κ1) is 16.1. The van der Waals surface area contributed by atoms with Crippen molar-refractivity contribution in [3.63, 3.8) is 0 Å². The standard InChI is InChI=1S/C16H27FN2/c1-3-5-8-13(4-2)11-15(19-18)12-14-9-6-7-10-16(14)17/h6-7,9-10,13,15,19H,3-5,8,11-12,18H2,1-2H3. The Balaban J connectivity index is 2.55. The first-order chi connectivity index (χ1) is 9.21. The van der Waals surface area contributed by atoms with Crippen LogP contribution in [-0.4, -0.2) is 6.04 Å². The van der Waals surface area contributed by atoms with Crippen LogP contribution in [0.3, 0.4) is 0 Å². The molecule has 3 heteroatoms. The molecule has 2 nitrogen and oxygen atoms in total. The van der Waals surface area contributed by atoms with Gasteiger partial charge >= 0.3 is 0 Å². The van der Waals surface area contributed by atoms with E-state index in [1.165, 1.54) is 25.3 Å². The Hall–Kier alpha value is -0.930. The summed E-state index contributed by atoms with van der Waals surface area (Å²) >= 11 is 0. The fourth-order valence-corrected chi connectivity index (χ4v) is 2.52. The van der Waals surface area contributed by atoms with E-state index >= 15 is 0 Å². The third kappa shape index (κ3) is 5.70. The normalized spacial score (nSPS) is 14.3. The molecule has 1 aromatic rings. The van der Waals surface area contributed by atoms with Crippen molar-refractivity contribution in [3.05, 3.63) is 35.6 Å². The third-order valence-electron chi connectivity index (χ3n) is 3.82. The molecule has 0 saturated heterocycles. The Morgan fingerprint density at radius 1 is 1.26 bits per heavy atom. The largest absolute Gasteiger partial charge is 0.271 e. The molecule has 0 aromatic heterocycles. The number of nitrogens with two attached hydrogens (primary N) is 1. The monoisotopic (exact) mass is 266 g/mol. The Kier molecular flexibility index (Phi) is 7.68. The van der Waals surface area contributed by atoms with Gasteiger partial charge in [0.25, 0.3) is 0 Å². The lowest BCUT2D eigenvalue weighted by atomic mass is 9.90. The van der Waals surface area contributed by atoms with Gasteiger partial charge in [-0.3, -0.25) is 11.3 Å². The van der Waals surface area contributed by atoms with Gasteiger partial charge in [-0.05, 0) is 30.4 Å². The van der Waals surface area contributed by atoms with Crippen LogP contribution in [0.2, 0.25) is 0 Å². The highest BCUT2D eigenvalue weighted by Crippen LogP contribution is 2.20. The van der Waals surface area contributed by atoms with Gasteiger partial charge < -0.3 is 0 Å². The van der Waals surface area contributed by atoms with Gasteiger partial charge in [0.1, 0.15) is 5.82 Å². The van der Waals surface area contributed by atoms with Gasteiger partial charge in [0.05, 0.1) is 0 Å². The molecule has 0 radical (unpaired) electrons. The van der Waals surface area contributed by atoms with Crippen LogP contribution in [0.1, 0.15) is 51.5 Å². The Bertz CT molecular complexity index is 354. The summed E-state index contributed by atoms with van der Waals surface area (Å²) in [6, 6.07) is 7.10. The molecule has 0 aliphatic rings. The van der Waals surface area contributed by atoms with Crippen molar-refractivity contribution >= 4 is 0 Å². The van der Waals surface area contributed by atoms with Gasteiger partial charge in [-0.2, -0.15) is 0 Å². The summed E-state index contributed by atoms with van der Waals surface area (Å²) in [7, 11) is 0. The predicted octanol–water partition coefficient (Wildman–Crippen LogP) is 3.81. The number of hydrogen-bond donors (Lipinski definition) is 2. The van der Waals surface area contributed by atoms with Crippen LogP contribution in [0.15, 0.2) is 24.3 Å². The molecule has 1 rings (SSSR count). The lowest BCUT2D eigenvalue weighted by Gasteiger charge is -2.22. The zero-order chi connectivity index (χ0) is 14.1. The van der Waals surface area contributed by atoms with Crippen molar-refractivity contribution in [1.29, 1.82) is 0 Å². The minimum absolute atomic E-state index is 0.135. The minimum Gasteiger partial charge on any atom is -0.271 e. The molecule has 2 unspecified atom stereocenters. The molecule has 3 N–H and O–H groups in total. The van der Waals surface area contributed by atoms with Gasteiger partial charge in [0.15, 0.2) is 0 Å². The van der Waals surface area contributed by atoms with Crippen molar-refractivity contribution in [1.82, 2.24) is 5.43 Å². The summed E-state index contributed by atoms with van der Waals surface area (Å²) in [5.74, 6) is 6.17. The van der Waals surface area contributed by atoms with E-state index in [1.807, 2.05) is 12.1 Å². The van der Waals surface area contributed by atoms with E-state index < -0.39 is 0 Å². The zero-order valence-corrected chi connectivity index (χ0v) is 12.2. The summed E-state index contributed by atoms with van der Waals surface area (Å²) in [6.07, 6.45) is 6.56. The SMILES string of the molecule is CCCCC(CC)CC(Cc1ccccc1F)NN. The average Bonchev–Trinajstić information content (AvgIpc) is 2.44. The first-order valence-electron chi connectivity index (χ1n) is 7.40. The van der Waals surface area contributed by atoms with Gasteiger partial charge in [-0.15, -0.1) is 0 Å². The number of hydrogen-bond acceptors (Lipinski definition) is 2. The topological polar surface area (TPSA) is 38.0 Å². The second kappa shape index (κ2) is 9.05. The maximum Gasteiger partial charge on any atom is 0.126 e. The molecular weight excluding hydrogens is 239 g/mol. The van der Waals surface area contributed by atoms with Gasteiger partial charge in [0, 0.05) is 6.04 Å². The number of unbranched alkanes of at least 4 members (excludes halogenated alkanes) is 1. The van der Waals surface area contributed by atoms with Crippen LogP contribution < -0.4 is 11.3 Å². The first-order valence-corrected chi connectivity index (χ1v) is 7.40. The molecule has 0 heterocycles. The molecule has 0 aliphatic heterocycles. The lowest BCUT2D eigenvalue weighted by Crippen LogP contribution is -2.38. The fourth-order valence-electron chi connectivity index (χ4n) is 2.52. The molecule has 0 amide bonds. The van der Waals surface area contributed by atoms with E-state index in [9.17, 15) is 4.39 Å². The predicted molar refractivity (Wildman–Crippen MR) is 79.1 cm³/mol. The smallest absolute Gasteiger partial charge is 0.126 e. The van der Waals surface area contributed by atoms with E-state index in [2.05, 4.69) is 19.3 Å². The highest BCUT2D eigenvalue weighted by atomic mass is 19.1. The number of halogens is 1. The maximum absolute atomic E-state index is 13.6. The van der Waals surface area contributed by atoms with Crippen LogP contribution in [0.4, 0.5) is 4.39 Å². The molecule has 0 spiro atoms. The number of rotatable bonds is 9. The number of nitrogens with one attached hydrogen (secondary N) is 1. The minimum atomic E-state index is -0.135. The molecule has 1 aromatic carbocycles. The van der Waals surface area contributed by atoms with Gasteiger partial charge in [-0.1, -0.05) is 57.7 Å². The maximum atomic E-state index is 13.6. The van der Waals surface area contributed by atoms with Gasteiger partial charge in [0.2, 0.25) is 0 Å². The van der Waals surface area contributed by atoms with Crippen LogP contribution >= 0.6 is 0 Å². The number of benzene rings is 1. The van der Waals surface area contributed by atoms with Crippen LogP contribution in [-0.2, 0) is 6.42 Å². The second-order valence-corrected chi connectivity index (χ2v) is 5.31. The van der Waals surface area contributed by atoms with Gasteiger partial charge in [-0.25, -0.2) is 4.39 Å². The van der Waals surface area contributed by atoms with Crippen molar-refractivity contribution in [3.8, 4) is 0 Å². The molecule has 0 fully saturated rings. The van der Waals surface area contributed by atoms with Crippen LogP contribution in [0.25, 0.3) is 0 Å². The molecule has 0 bridgehead atoms. The Morgan fingerprint density at radius 2 is 2.00 bits per heavy atom. The molecule has 0 saturated carbocycles. The van der Waals surface area contributed by atoms with Crippen molar-refractivity contribution in [2.24, 2.45) is 11.8 Å². The lowest BCUT2D eigenvalue weighted by molar-refractivity contribution is 0.348. The molecule has 19 heavy (non-hydrogen) atoms. The van der Waals surface area contributed by atoms with E-state index in [0.717, 1.165) is 18.4 Å². The zero-order valence-electron chi connectivity index (χ0n) is 12.2. The molecule has 108 valence electrons. The fraction of sp³-hybridized carbons (Fsp3) is 0.625. The number of hydrazine groups is 1. The average molecular weight is 266 g/mol. The second-order valence-electron chi connectivity index (χ2n) is 5.31. The van der Waals surface area contributed by atoms with E-state index in [0.29, 0.717) is 12.3 Å². The van der Waals surface area contributed by atoms with Crippen LogP contribution in [0.5, 0.6) is 0 Å². The summed E-state index contributed by atoms with van der Waals surface area (Å²) in [5.41, 5.74) is 3.60. The highest BCUT2D eigenvalue weighted by molar-refractivity contribution is 5.18. The van der Waals surface area contributed by atoms with E-state index in [1.54, 1.807) is 6.07 Å². The molecular formula is C16H27FN2.